The van der Waals surface area contributed by atoms with E-state index in [1.807, 2.05) is 41.0 Å². The van der Waals surface area contributed by atoms with Gasteiger partial charge in [0.25, 0.3) is 0 Å². The van der Waals surface area contributed by atoms with Crippen LogP contribution in [0, 0.1) is 4.77 Å². The van der Waals surface area contributed by atoms with Crippen LogP contribution in [0.4, 0.5) is 0 Å². The van der Waals surface area contributed by atoms with E-state index < -0.39 is 0 Å². The molecule has 96 valence electrons. The number of nitrogens with one attached hydrogen (secondary N) is 1. The van der Waals surface area contributed by atoms with E-state index >= 15 is 0 Å². The molecule has 0 spiro atoms. The summed E-state index contributed by atoms with van der Waals surface area (Å²) in [6, 6.07) is 11.2. The first kappa shape index (κ1) is 13.2. The molecule has 0 saturated carbocycles. The minimum atomic E-state index is 0.575. The van der Waals surface area contributed by atoms with Crippen molar-refractivity contribution in [3.63, 3.8) is 0 Å². The lowest BCUT2D eigenvalue weighted by molar-refractivity contribution is 1.06. The van der Waals surface area contributed by atoms with E-state index in [1.54, 1.807) is 0 Å². The van der Waals surface area contributed by atoms with Gasteiger partial charge in [0.1, 0.15) is 0 Å². The maximum absolute atomic E-state index is 6.28. The number of benzene rings is 2. The molecule has 19 heavy (non-hydrogen) atoms. The van der Waals surface area contributed by atoms with Crippen molar-refractivity contribution < 1.29 is 0 Å². The highest BCUT2D eigenvalue weighted by molar-refractivity contribution is 9.10. The van der Waals surface area contributed by atoms with Gasteiger partial charge in [0.2, 0.25) is 0 Å². The van der Waals surface area contributed by atoms with Crippen molar-refractivity contribution in [2.24, 2.45) is 0 Å². The summed E-state index contributed by atoms with van der Waals surface area (Å²) < 4.78 is 3.35. The van der Waals surface area contributed by atoms with Crippen LogP contribution in [0.15, 0.2) is 40.9 Å². The third kappa shape index (κ3) is 2.23. The van der Waals surface area contributed by atoms with Gasteiger partial charge in [-0.1, -0.05) is 29.3 Å². The Bertz CT molecular complexity index is 838. The third-order valence-corrected chi connectivity index (χ3v) is 4.30. The standard InChI is InChI=1S/C13H7BrCl2N2S/c14-8-5-4-7(15)6-11(8)18-12-9(16)2-1-3-10(12)17-13(18)19/h1-6H,(H,17,19). The van der Waals surface area contributed by atoms with E-state index in [2.05, 4.69) is 20.9 Å². The number of hydrogen-bond acceptors (Lipinski definition) is 1. The topological polar surface area (TPSA) is 20.7 Å². The molecule has 0 atom stereocenters. The second-order valence-corrected chi connectivity index (χ2v) is 6.08. The van der Waals surface area contributed by atoms with Crippen LogP contribution in [0.3, 0.4) is 0 Å². The second kappa shape index (κ2) is 4.94. The second-order valence-electron chi connectivity index (χ2n) is 4.00. The van der Waals surface area contributed by atoms with Crippen molar-refractivity contribution in [2.75, 3.05) is 0 Å². The SMILES string of the molecule is S=c1[nH]c2cccc(Cl)c2n1-c1cc(Cl)ccc1Br. The fraction of sp³-hybridized carbons (Fsp3) is 0. The van der Waals surface area contributed by atoms with Crippen LogP contribution >= 0.6 is 51.3 Å². The zero-order valence-electron chi connectivity index (χ0n) is 9.45. The molecular weight excluding hydrogens is 367 g/mol. The van der Waals surface area contributed by atoms with Crippen LogP contribution in [0.1, 0.15) is 0 Å². The summed E-state index contributed by atoms with van der Waals surface area (Å²) in [5, 5.41) is 1.28. The molecule has 0 unspecified atom stereocenters. The minimum Gasteiger partial charge on any atom is -0.330 e. The predicted molar refractivity (Wildman–Crippen MR) is 86.2 cm³/mol. The molecule has 0 fully saturated rings. The van der Waals surface area contributed by atoms with Gasteiger partial charge < -0.3 is 4.98 Å². The molecule has 6 heteroatoms. The number of rotatable bonds is 1. The first-order valence-corrected chi connectivity index (χ1v) is 7.38. The van der Waals surface area contributed by atoms with Crippen molar-refractivity contribution in [3.8, 4) is 5.69 Å². The summed E-state index contributed by atoms with van der Waals surface area (Å²) in [6.45, 7) is 0. The molecule has 1 aromatic heterocycles. The van der Waals surface area contributed by atoms with Crippen molar-refractivity contribution in [1.29, 1.82) is 0 Å². The predicted octanol–water partition coefficient (Wildman–Crippen LogP) is 5.76. The van der Waals surface area contributed by atoms with E-state index in [9.17, 15) is 0 Å². The van der Waals surface area contributed by atoms with Gasteiger partial charge in [-0.25, -0.2) is 0 Å². The molecule has 2 nitrogen and oxygen atoms in total. The number of aromatic nitrogens is 2. The molecule has 2 aromatic carbocycles. The van der Waals surface area contributed by atoms with Crippen LogP contribution in [-0.2, 0) is 0 Å². The maximum atomic E-state index is 6.28. The first-order valence-electron chi connectivity index (χ1n) is 5.42. The van der Waals surface area contributed by atoms with E-state index in [-0.39, 0.29) is 0 Å². The van der Waals surface area contributed by atoms with E-state index in [0.29, 0.717) is 14.8 Å². The van der Waals surface area contributed by atoms with Crippen LogP contribution in [0.2, 0.25) is 10.0 Å². The highest BCUT2D eigenvalue weighted by atomic mass is 79.9. The highest BCUT2D eigenvalue weighted by Gasteiger charge is 2.12. The van der Waals surface area contributed by atoms with Crippen molar-refractivity contribution >= 4 is 62.4 Å². The Labute approximate surface area is 133 Å². The Kier molecular flexibility index (Phi) is 3.43. The largest absolute Gasteiger partial charge is 0.330 e. The maximum Gasteiger partial charge on any atom is 0.182 e. The molecule has 0 amide bonds. The molecule has 3 aromatic rings. The molecular formula is C13H7BrCl2N2S. The van der Waals surface area contributed by atoms with Crippen LogP contribution < -0.4 is 0 Å². The molecule has 0 aliphatic rings. The van der Waals surface area contributed by atoms with Gasteiger partial charge in [-0.3, -0.25) is 4.57 Å². The average molecular weight is 374 g/mol. The third-order valence-electron chi connectivity index (χ3n) is 2.80. The molecule has 0 saturated heterocycles. The number of H-pyrrole nitrogens is 1. The van der Waals surface area contributed by atoms with Crippen LogP contribution in [0.25, 0.3) is 16.7 Å². The molecule has 0 aliphatic carbocycles. The summed E-state index contributed by atoms with van der Waals surface area (Å²) in [7, 11) is 0. The number of nitrogens with zero attached hydrogens (tertiary/aromatic N) is 1. The Balaban J connectivity index is 2.46. The number of aromatic amines is 1. The molecule has 1 N–H and O–H groups in total. The van der Waals surface area contributed by atoms with E-state index in [1.165, 1.54) is 0 Å². The number of imidazole rings is 1. The lowest BCUT2D eigenvalue weighted by Crippen LogP contribution is -1.95. The smallest absolute Gasteiger partial charge is 0.182 e. The van der Waals surface area contributed by atoms with Gasteiger partial charge >= 0.3 is 0 Å². The molecule has 0 aliphatic heterocycles. The normalized spacial score (nSPS) is 11.1. The number of hydrogen-bond donors (Lipinski definition) is 1. The summed E-state index contributed by atoms with van der Waals surface area (Å²) in [5.74, 6) is 0. The Morgan fingerprint density at radius 2 is 1.95 bits per heavy atom. The zero-order valence-corrected chi connectivity index (χ0v) is 13.4. The van der Waals surface area contributed by atoms with Crippen molar-refractivity contribution in [3.05, 3.63) is 55.7 Å². The van der Waals surface area contributed by atoms with Gasteiger partial charge in [-0.05, 0) is 58.5 Å². The van der Waals surface area contributed by atoms with Gasteiger partial charge in [-0.15, -0.1) is 0 Å². The quantitative estimate of drug-likeness (QED) is 0.538. The fourth-order valence-electron chi connectivity index (χ4n) is 2.00. The number of halogens is 3. The highest BCUT2D eigenvalue weighted by Crippen LogP contribution is 2.31. The van der Waals surface area contributed by atoms with Crippen molar-refractivity contribution in [2.45, 2.75) is 0 Å². The molecule has 3 rings (SSSR count). The summed E-state index contributed by atoms with van der Waals surface area (Å²) >= 11 is 21.2. The summed E-state index contributed by atoms with van der Waals surface area (Å²) in [6.07, 6.45) is 0. The summed E-state index contributed by atoms with van der Waals surface area (Å²) in [4.78, 5) is 3.14. The number of fused-ring (bicyclic) bond motifs is 1. The monoisotopic (exact) mass is 372 g/mol. The number of para-hydroxylation sites is 1. The van der Waals surface area contributed by atoms with Gasteiger partial charge in [0, 0.05) is 9.50 Å². The molecule has 0 radical (unpaired) electrons. The first-order chi connectivity index (χ1) is 9.08. The summed E-state index contributed by atoms with van der Waals surface area (Å²) in [5.41, 5.74) is 2.60. The van der Waals surface area contributed by atoms with Crippen molar-refractivity contribution in [1.82, 2.24) is 9.55 Å². The lowest BCUT2D eigenvalue weighted by Gasteiger charge is -2.08. The lowest BCUT2D eigenvalue weighted by atomic mass is 10.3. The average Bonchev–Trinajstić information content (AvgIpc) is 2.70. The zero-order chi connectivity index (χ0) is 13.6. The van der Waals surface area contributed by atoms with E-state index in [4.69, 9.17) is 35.4 Å². The molecule has 0 bridgehead atoms. The Morgan fingerprint density at radius 3 is 2.74 bits per heavy atom. The van der Waals surface area contributed by atoms with E-state index in [0.717, 1.165) is 21.2 Å². The Hall–Kier alpha value is -0.810. The fourth-order valence-corrected chi connectivity index (χ4v) is 3.15. The molecule has 1 heterocycles. The van der Waals surface area contributed by atoms with Gasteiger partial charge in [0.05, 0.1) is 21.7 Å². The van der Waals surface area contributed by atoms with Gasteiger partial charge in [0.15, 0.2) is 4.77 Å². The minimum absolute atomic E-state index is 0.575. The Morgan fingerprint density at radius 1 is 1.16 bits per heavy atom. The van der Waals surface area contributed by atoms with Crippen LogP contribution in [-0.4, -0.2) is 9.55 Å². The van der Waals surface area contributed by atoms with Crippen LogP contribution in [0.5, 0.6) is 0 Å². The van der Waals surface area contributed by atoms with Gasteiger partial charge in [-0.2, -0.15) is 0 Å².